The topological polar surface area (TPSA) is 61.0 Å². The zero-order chi connectivity index (χ0) is 18.6. The second kappa shape index (κ2) is 7.30. The van der Waals surface area contributed by atoms with E-state index in [0.717, 1.165) is 30.2 Å². The number of nitrogens with zero attached hydrogens (tertiary/aromatic N) is 4. The minimum atomic E-state index is 0.603. The largest absolute Gasteiger partial charge is 0.495 e. The van der Waals surface area contributed by atoms with Crippen LogP contribution in [0.3, 0.4) is 0 Å². The maximum absolute atomic E-state index is 8.85. The van der Waals surface area contributed by atoms with Gasteiger partial charge in [0.1, 0.15) is 5.75 Å². The van der Waals surface area contributed by atoms with Crippen LogP contribution in [0.25, 0.3) is 0 Å². The molecule has 0 unspecified atom stereocenters. The summed E-state index contributed by atoms with van der Waals surface area (Å²) in [5.41, 5.74) is 5.77. The average molecular weight is 354 g/mol. The molecule has 0 amide bonds. The number of anilines is 1. The van der Waals surface area contributed by atoms with Gasteiger partial charge in [-0.05, 0) is 47.5 Å². The fourth-order valence-electron chi connectivity index (χ4n) is 3.21. The number of methoxy groups -OCH3 is 1. The van der Waals surface area contributed by atoms with Crippen LogP contribution in [0.15, 0.2) is 77.0 Å². The predicted molar refractivity (Wildman–Crippen MR) is 105 cm³/mol. The van der Waals surface area contributed by atoms with Crippen molar-refractivity contribution in [3.05, 3.63) is 83.4 Å². The number of benzene rings is 3. The molecular weight excluding hydrogens is 336 g/mol. The number of hydrogen-bond acceptors (Lipinski definition) is 5. The molecule has 27 heavy (non-hydrogen) atoms. The molecule has 0 bridgehead atoms. The summed E-state index contributed by atoms with van der Waals surface area (Å²) in [5, 5.41) is 17.4. The first-order valence-corrected chi connectivity index (χ1v) is 8.68. The van der Waals surface area contributed by atoms with Crippen LogP contribution >= 0.6 is 0 Å². The van der Waals surface area contributed by atoms with Crippen LogP contribution in [0.1, 0.15) is 16.7 Å². The molecule has 0 spiro atoms. The molecule has 0 aliphatic carbocycles. The highest BCUT2D eigenvalue weighted by Gasteiger charge is 2.21. The van der Waals surface area contributed by atoms with Crippen molar-refractivity contribution in [1.82, 2.24) is 0 Å². The maximum atomic E-state index is 8.85. The Balaban J connectivity index is 1.55. The van der Waals surface area contributed by atoms with Crippen molar-refractivity contribution in [1.29, 1.82) is 5.26 Å². The van der Waals surface area contributed by atoms with Gasteiger partial charge in [0, 0.05) is 19.2 Å². The van der Waals surface area contributed by atoms with Gasteiger partial charge in [-0.25, -0.2) is 0 Å². The summed E-state index contributed by atoms with van der Waals surface area (Å²) in [6.45, 7) is 1.75. The monoisotopic (exact) mass is 354 g/mol. The Bertz CT molecular complexity index is 1010. The number of fused-ring (bicyclic) bond motifs is 1. The molecule has 0 saturated heterocycles. The van der Waals surface area contributed by atoms with Crippen LogP contribution in [-0.4, -0.2) is 7.11 Å². The second-order valence-electron chi connectivity index (χ2n) is 6.34. The number of ether oxygens (including phenoxy) is 1. The van der Waals surface area contributed by atoms with Gasteiger partial charge >= 0.3 is 0 Å². The molecule has 5 nitrogen and oxygen atoms in total. The van der Waals surface area contributed by atoms with E-state index < -0.39 is 0 Å². The summed E-state index contributed by atoms with van der Waals surface area (Å²) in [6, 6.07) is 23.4. The maximum Gasteiger partial charge on any atom is 0.144 e. The summed E-state index contributed by atoms with van der Waals surface area (Å²) in [4.78, 5) is 2.30. The van der Waals surface area contributed by atoms with Crippen molar-refractivity contribution in [2.24, 2.45) is 10.2 Å². The van der Waals surface area contributed by atoms with Gasteiger partial charge in [-0.15, -0.1) is 0 Å². The molecule has 3 aromatic rings. The lowest BCUT2D eigenvalue weighted by Crippen LogP contribution is -2.15. The van der Waals surface area contributed by atoms with Crippen molar-refractivity contribution < 1.29 is 4.74 Å². The summed E-state index contributed by atoms with van der Waals surface area (Å²) in [5.74, 6) is 0.777. The third kappa shape index (κ3) is 3.51. The van der Waals surface area contributed by atoms with Gasteiger partial charge in [0.25, 0.3) is 0 Å². The summed E-state index contributed by atoms with van der Waals surface area (Å²) in [7, 11) is 1.67. The molecule has 4 rings (SSSR count). The van der Waals surface area contributed by atoms with Gasteiger partial charge in [-0.3, -0.25) is 0 Å². The lowest BCUT2D eigenvalue weighted by Gasteiger charge is -2.20. The fourth-order valence-corrected chi connectivity index (χ4v) is 3.21. The van der Waals surface area contributed by atoms with Crippen LogP contribution < -0.4 is 9.64 Å². The van der Waals surface area contributed by atoms with Crippen molar-refractivity contribution in [2.75, 3.05) is 12.0 Å². The number of hydrogen-bond donors (Lipinski definition) is 0. The third-order valence-electron chi connectivity index (χ3n) is 4.62. The summed E-state index contributed by atoms with van der Waals surface area (Å²) >= 11 is 0. The molecule has 132 valence electrons. The first-order chi connectivity index (χ1) is 13.3. The van der Waals surface area contributed by atoms with E-state index in [-0.39, 0.29) is 0 Å². The Kier molecular flexibility index (Phi) is 4.54. The minimum Gasteiger partial charge on any atom is -0.495 e. The van der Waals surface area contributed by atoms with E-state index in [1.54, 1.807) is 31.4 Å². The third-order valence-corrected chi connectivity index (χ3v) is 4.62. The van der Waals surface area contributed by atoms with Crippen molar-refractivity contribution in [2.45, 2.75) is 13.1 Å². The smallest absolute Gasteiger partial charge is 0.144 e. The quantitative estimate of drug-likeness (QED) is 0.581. The van der Waals surface area contributed by atoms with Crippen LogP contribution in [0.5, 0.6) is 5.75 Å². The molecule has 1 aliphatic rings. The summed E-state index contributed by atoms with van der Waals surface area (Å²) in [6.07, 6.45) is 0. The molecule has 0 atom stereocenters. The highest BCUT2D eigenvalue weighted by Crippen LogP contribution is 2.37. The molecule has 1 aliphatic heterocycles. The fraction of sp³-hybridized carbons (Fsp3) is 0.136. The van der Waals surface area contributed by atoms with E-state index >= 15 is 0 Å². The molecule has 0 saturated carbocycles. The lowest BCUT2D eigenvalue weighted by atomic mass is 10.1. The van der Waals surface area contributed by atoms with Gasteiger partial charge in [0.15, 0.2) is 0 Å². The molecular formula is C22H18N4O. The van der Waals surface area contributed by atoms with E-state index in [9.17, 15) is 0 Å². The molecule has 5 heteroatoms. The highest BCUT2D eigenvalue weighted by molar-refractivity contribution is 5.65. The van der Waals surface area contributed by atoms with E-state index in [2.05, 4.69) is 45.5 Å². The number of nitriles is 1. The SMILES string of the molecule is COc1cc(N=Nc2ccc(C#N)cc2)ccc1N1Cc2ccccc2C1. The highest BCUT2D eigenvalue weighted by atomic mass is 16.5. The van der Waals surface area contributed by atoms with Gasteiger partial charge in [-0.1, -0.05) is 24.3 Å². The first kappa shape index (κ1) is 16.8. The van der Waals surface area contributed by atoms with Crippen molar-refractivity contribution >= 4 is 17.1 Å². The zero-order valence-electron chi connectivity index (χ0n) is 15.0. The zero-order valence-corrected chi connectivity index (χ0v) is 15.0. The Morgan fingerprint density at radius 2 is 1.52 bits per heavy atom. The summed E-state index contributed by atoms with van der Waals surface area (Å²) < 4.78 is 5.60. The molecule has 0 radical (unpaired) electrons. The van der Waals surface area contributed by atoms with Crippen LogP contribution in [-0.2, 0) is 13.1 Å². The first-order valence-electron chi connectivity index (χ1n) is 8.68. The Morgan fingerprint density at radius 3 is 2.15 bits per heavy atom. The van der Waals surface area contributed by atoms with E-state index in [1.807, 2.05) is 18.2 Å². The Labute approximate surface area is 158 Å². The van der Waals surface area contributed by atoms with Crippen LogP contribution in [0, 0.1) is 11.3 Å². The van der Waals surface area contributed by atoms with Crippen LogP contribution in [0.4, 0.5) is 17.1 Å². The van der Waals surface area contributed by atoms with Crippen LogP contribution in [0.2, 0.25) is 0 Å². The van der Waals surface area contributed by atoms with Crippen molar-refractivity contribution in [3.63, 3.8) is 0 Å². The molecule has 0 N–H and O–H groups in total. The number of azo groups is 1. The normalized spacial score (nSPS) is 12.8. The van der Waals surface area contributed by atoms with Gasteiger partial charge in [-0.2, -0.15) is 15.5 Å². The lowest BCUT2D eigenvalue weighted by molar-refractivity contribution is 0.414. The predicted octanol–water partition coefficient (Wildman–Crippen LogP) is 5.50. The van der Waals surface area contributed by atoms with E-state index in [1.165, 1.54) is 11.1 Å². The van der Waals surface area contributed by atoms with Gasteiger partial charge < -0.3 is 9.64 Å². The van der Waals surface area contributed by atoms with E-state index in [0.29, 0.717) is 11.3 Å². The number of rotatable bonds is 4. The Hall–Kier alpha value is -3.65. The van der Waals surface area contributed by atoms with Gasteiger partial charge in [0.2, 0.25) is 0 Å². The molecule has 3 aromatic carbocycles. The minimum absolute atomic E-state index is 0.603. The molecule has 1 heterocycles. The molecule has 0 fully saturated rings. The molecule has 0 aromatic heterocycles. The standard InChI is InChI=1S/C22H18N4O/c1-27-22-12-20(25-24-19-8-6-16(13-23)7-9-19)10-11-21(22)26-14-17-4-2-3-5-18(17)15-26/h2-12H,14-15H2,1H3. The van der Waals surface area contributed by atoms with Crippen molar-refractivity contribution in [3.8, 4) is 11.8 Å². The average Bonchev–Trinajstić information content (AvgIpc) is 3.16. The second-order valence-corrected chi connectivity index (χ2v) is 6.34. The van der Waals surface area contributed by atoms with E-state index in [4.69, 9.17) is 10.00 Å². The van der Waals surface area contributed by atoms with Gasteiger partial charge in [0.05, 0.1) is 35.8 Å². The Morgan fingerprint density at radius 1 is 0.889 bits per heavy atom.